The lowest BCUT2D eigenvalue weighted by atomic mass is 9.83. The maximum absolute atomic E-state index is 12.8. The fourth-order valence-electron chi connectivity index (χ4n) is 3.32. The zero-order valence-electron chi connectivity index (χ0n) is 11.4. The number of amides is 1. The summed E-state index contributed by atoms with van der Waals surface area (Å²) in [6.45, 7) is 0.496. The second kappa shape index (κ2) is 6.52. The van der Waals surface area contributed by atoms with Crippen LogP contribution in [0, 0.1) is 11.3 Å². The van der Waals surface area contributed by atoms with E-state index in [0.717, 1.165) is 25.7 Å². The highest BCUT2D eigenvalue weighted by Gasteiger charge is 2.47. The normalized spacial score (nSPS) is 26.2. The first-order chi connectivity index (χ1) is 8.89. The Labute approximate surface area is 123 Å². The second-order valence-corrected chi connectivity index (χ2v) is 5.82. The van der Waals surface area contributed by atoms with Crippen molar-refractivity contribution in [1.82, 2.24) is 4.90 Å². The summed E-state index contributed by atoms with van der Waals surface area (Å²) in [5.74, 6) is -1.53. The predicted molar refractivity (Wildman–Crippen MR) is 72.6 cm³/mol. The van der Waals surface area contributed by atoms with E-state index in [9.17, 15) is 18.0 Å². The molecular formula is C13H22ClF3N2O. The first kappa shape index (κ1) is 17.6. The van der Waals surface area contributed by atoms with E-state index in [4.69, 9.17) is 5.73 Å². The van der Waals surface area contributed by atoms with Gasteiger partial charge < -0.3 is 10.6 Å². The van der Waals surface area contributed by atoms with Crippen LogP contribution in [0.1, 0.15) is 38.5 Å². The Balaban J connectivity index is 0.00000200. The molecule has 1 amide bonds. The molecule has 0 aromatic carbocycles. The molecule has 118 valence electrons. The van der Waals surface area contributed by atoms with Crippen molar-refractivity contribution < 1.29 is 18.0 Å². The monoisotopic (exact) mass is 314 g/mol. The first-order valence-electron chi connectivity index (χ1n) is 6.95. The average molecular weight is 315 g/mol. The molecule has 0 bridgehead atoms. The summed E-state index contributed by atoms with van der Waals surface area (Å²) in [6.07, 6.45) is -0.325. The summed E-state index contributed by atoms with van der Waals surface area (Å²) in [4.78, 5) is 13.9. The molecule has 20 heavy (non-hydrogen) atoms. The van der Waals surface area contributed by atoms with E-state index in [1.54, 1.807) is 0 Å². The largest absolute Gasteiger partial charge is 0.393 e. The third-order valence-electron chi connectivity index (χ3n) is 4.58. The molecule has 2 rings (SSSR count). The highest BCUT2D eigenvalue weighted by atomic mass is 35.5. The molecule has 1 heterocycles. The summed E-state index contributed by atoms with van der Waals surface area (Å²) in [6, 6.07) is 0. The van der Waals surface area contributed by atoms with E-state index in [1.165, 1.54) is 4.90 Å². The lowest BCUT2D eigenvalue weighted by Crippen LogP contribution is -2.51. The topological polar surface area (TPSA) is 46.3 Å². The number of piperidine rings is 1. The van der Waals surface area contributed by atoms with Gasteiger partial charge in [-0.2, -0.15) is 13.2 Å². The number of nitrogens with zero attached hydrogens (tertiary/aromatic N) is 1. The molecular weight excluding hydrogens is 293 g/mol. The van der Waals surface area contributed by atoms with Gasteiger partial charge in [0.05, 0.1) is 11.3 Å². The van der Waals surface area contributed by atoms with Crippen molar-refractivity contribution >= 4 is 18.3 Å². The number of alkyl halides is 3. The van der Waals surface area contributed by atoms with Crippen LogP contribution in [0.3, 0.4) is 0 Å². The summed E-state index contributed by atoms with van der Waals surface area (Å²) in [5.41, 5.74) is 5.14. The van der Waals surface area contributed by atoms with Gasteiger partial charge in [0.15, 0.2) is 0 Å². The van der Waals surface area contributed by atoms with Crippen molar-refractivity contribution in [3.8, 4) is 0 Å². The third-order valence-corrected chi connectivity index (χ3v) is 4.58. The van der Waals surface area contributed by atoms with Crippen molar-refractivity contribution in [3.05, 3.63) is 0 Å². The average Bonchev–Trinajstić information content (AvgIpc) is 2.87. The molecule has 1 atom stereocenters. The molecule has 1 aliphatic heterocycles. The molecule has 2 fully saturated rings. The maximum atomic E-state index is 12.8. The molecule has 0 radical (unpaired) electrons. The number of likely N-dealkylation sites (tertiary alicyclic amines) is 1. The molecule has 7 heteroatoms. The van der Waals surface area contributed by atoms with Gasteiger partial charge in [-0.05, 0) is 25.7 Å². The third kappa shape index (κ3) is 3.39. The van der Waals surface area contributed by atoms with E-state index >= 15 is 0 Å². The lowest BCUT2D eigenvalue weighted by molar-refractivity contribution is -0.189. The van der Waals surface area contributed by atoms with Crippen LogP contribution in [0.2, 0.25) is 0 Å². The fraction of sp³-hybridized carbons (Fsp3) is 0.923. The molecule has 2 aliphatic rings. The number of carbonyl (C=O) groups is 1. The zero-order chi connectivity index (χ0) is 14.1. The Hall–Kier alpha value is -0.490. The molecule has 0 aromatic heterocycles. The smallest absolute Gasteiger partial charge is 0.342 e. The van der Waals surface area contributed by atoms with Crippen LogP contribution < -0.4 is 5.73 Å². The highest BCUT2D eigenvalue weighted by Crippen LogP contribution is 2.41. The van der Waals surface area contributed by atoms with Crippen LogP contribution in [0.4, 0.5) is 13.2 Å². The quantitative estimate of drug-likeness (QED) is 0.852. The van der Waals surface area contributed by atoms with E-state index in [-0.39, 0.29) is 37.8 Å². The van der Waals surface area contributed by atoms with E-state index in [0.29, 0.717) is 13.0 Å². The van der Waals surface area contributed by atoms with E-state index in [1.807, 2.05) is 0 Å². The number of halogens is 4. The van der Waals surface area contributed by atoms with Crippen molar-refractivity contribution in [2.45, 2.75) is 44.7 Å². The first-order valence-corrected chi connectivity index (χ1v) is 6.95. The molecule has 1 saturated carbocycles. The summed E-state index contributed by atoms with van der Waals surface area (Å²) in [5, 5.41) is 0. The van der Waals surface area contributed by atoms with Crippen molar-refractivity contribution in [2.75, 3.05) is 19.6 Å². The van der Waals surface area contributed by atoms with Crippen LogP contribution in [0.15, 0.2) is 0 Å². The minimum absolute atomic E-state index is 0. The van der Waals surface area contributed by atoms with Crippen LogP contribution in [0.5, 0.6) is 0 Å². The molecule has 1 saturated heterocycles. The van der Waals surface area contributed by atoms with Gasteiger partial charge in [0, 0.05) is 19.6 Å². The van der Waals surface area contributed by atoms with Gasteiger partial charge >= 0.3 is 6.18 Å². The van der Waals surface area contributed by atoms with Crippen LogP contribution in [-0.4, -0.2) is 36.6 Å². The van der Waals surface area contributed by atoms with E-state index < -0.39 is 17.5 Å². The van der Waals surface area contributed by atoms with Gasteiger partial charge in [0.2, 0.25) is 5.91 Å². The van der Waals surface area contributed by atoms with Gasteiger partial charge in [-0.15, -0.1) is 12.4 Å². The van der Waals surface area contributed by atoms with Crippen LogP contribution in [0.25, 0.3) is 0 Å². The molecule has 1 unspecified atom stereocenters. The van der Waals surface area contributed by atoms with Crippen molar-refractivity contribution in [2.24, 2.45) is 17.1 Å². The Morgan fingerprint density at radius 1 is 1.25 bits per heavy atom. The number of hydrogen-bond donors (Lipinski definition) is 1. The van der Waals surface area contributed by atoms with Crippen LogP contribution in [-0.2, 0) is 4.79 Å². The Morgan fingerprint density at radius 2 is 1.85 bits per heavy atom. The number of hydrogen-bond acceptors (Lipinski definition) is 2. The Bertz CT molecular complexity index is 343. The Morgan fingerprint density at radius 3 is 2.35 bits per heavy atom. The number of rotatable bonds is 2. The minimum Gasteiger partial charge on any atom is -0.342 e. The summed E-state index contributed by atoms with van der Waals surface area (Å²) >= 11 is 0. The number of nitrogens with two attached hydrogens (primary N) is 1. The van der Waals surface area contributed by atoms with Crippen molar-refractivity contribution in [3.63, 3.8) is 0 Å². The van der Waals surface area contributed by atoms with Gasteiger partial charge in [-0.3, -0.25) is 4.79 Å². The highest BCUT2D eigenvalue weighted by molar-refractivity contribution is 5.85. The van der Waals surface area contributed by atoms with Gasteiger partial charge in [-0.25, -0.2) is 0 Å². The van der Waals surface area contributed by atoms with Gasteiger partial charge in [0.25, 0.3) is 0 Å². The second-order valence-electron chi connectivity index (χ2n) is 5.82. The summed E-state index contributed by atoms with van der Waals surface area (Å²) < 4.78 is 38.3. The zero-order valence-corrected chi connectivity index (χ0v) is 12.2. The predicted octanol–water partition coefficient (Wildman–Crippen LogP) is 2.73. The van der Waals surface area contributed by atoms with Crippen molar-refractivity contribution in [1.29, 1.82) is 0 Å². The fourth-order valence-corrected chi connectivity index (χ4v) is 3.32. The summed E-state index contributed by atoms with van der Waals surface area (Å²) in [7, 11) is 0. The minimum atomic E-state index is -4.20. The molecule has 3 nitrogen and oxygen atoms in total. The molecule has 0 aromatic rings. The van der Waals surface area contributed by atoms with Gasteiger partial charge in [0.1, 0.15) is 0 Å². The standard InChI is InChI=1S/C13H21F3N2O.ClH/c14-13(15,16)10-4-3-7-18(8-10)11(19)12(9-17)5-1-2-6-12;/h10H,1-9,17H2;1H. The molecule has 1 aliphatic carbocycles. The maximum Gasteiger partial charge on any atom is 0.393 e. The van der Waals surface area contributed by atoms with E-state index in [2.05, 4.69) is 0 Å². The van der Waals surface area contributed by atoms with Crippen LogP contribution >= 0.6 is 12.4 Å². The number of carbonyl (C=O) groups excluding carboxylic acids is 1. The molecule has 2 N–H and O–H groups in total. The molecule has 0 spiro atoms. The van der Waals surface area contributed by atoms with Gasteiger partial charge in [-0.1, -0.05) is 12.8 Å². The lowest BCUT2D eigenvalue weighted by Gasteiger charge is -2.39. The SMILES string of the molecule is Cl.NCC1(C(=O)N2CCCC(C(F)(F)F)C2)CCCC1. The Kier molecular flexibility index (Phi) is 5.72.